The van der Waals surface area contributed by atoms with Crippen LogP contribution in [0.3, 0.4) is 0 Å². The third-order valence-electron chi connectivity index (χ3n) is 2.31. The summed E-state index contributed by atoms with van der Waals surface area (Å²) < 4.78 is 0. The Balaban J connectivity index is 2.44. The van der Waals surface area contributed by atoms with Gasteiger partial charge in [-0.25, -0.2) is 0 Å². The first-order valence-corrected chi connectivity index (χ1v) is 4.06. The van der Waals surface area contributed by atoms with Gasteiger partial charge in [-0.2, -0.15) is 0 Å². The van der Waals surface area contributed by atoms with Gasteiger partial charge < -0.3 is 5.73 Å². The van der Waals surface area contributed by atoms with E-state index in [9.17, 15) is 0 Å². The molecule has 0 aromatic carbocycles. The first-order chi connectivity index (χ1) is 5.38. The predicted molar refractivity (Wildman–Crippen MR) is 44.1 cm³/mol. The fourth-order valence-corrected chi connectivity index (χ4v) is 1.66. The highest BCUT2D eigenvalue weighted by molar-refractivity contribution is 5.28. The highest BCUT2D eigenvalue weighted by Gasteiger charge is 2.15. The van der Waals surface area contributed by atoms with E-state index in [0.29, 0.717) is 0 Å². The average molecular weight is 148 g/mol. The first-order valence-electron chi connectivity index (χ1n) is 4.06. The Morgan fingerprint density at radius 2 is 2.45 bits per heavy atom. The summed E-state index contributed by atoms with van der Waals surface area (Å²) in [6.45, 7) is 0. The van der Waals surface area contributed by atoms with Crippen LogP contribution in [0.25, 0.3) is 0 Å². The molecule has 0 amide bonds. The van der Waals surface area contributed by atoms with Gasteiger partial charge in [0.05, 0.1) is 0 Å². The topological polar surface area (TPSA) is 38.9 Å². The molecule has 1 aliphatic carbocycles. The summed E-state index contributed by atoms with van der Waals surface area (Å²) in [6.07, 6.45) is 7.25. The molecule has 2 N–H and O–H groups in total. The van der Waals surface area contributed by atoms with Gasteiger partial charge in [0.2, 0.25) is 0 Å². The first kappa shape index (κ1) is 6.80. The Morgan fingerprint density at radius 1 is 1.55 bits per heavy atom. The number of fused-ring (bicyclic) bond motifs is 1. The van der Waals surface area contributed by atoms with Gasteiger partial charge in [-0.15, -0.1) is 0 Å². The smallest absolute Gasteiger partial charge is 0.0318 e. The number of aromatic nitrogens is 1. The van der Waals surface area contributed by atoms with E-state index in [-0.39, 0.29) is 6.04 Å². The van der Waals surface area contributed by atoms with Crippen molar-refractivity contribution < 1.29 is 0 Å². The molecule has 1 atom stereocenters. The standard InChI is InChI=1S/C9H12N2/c10-9-3-1-2-7-4-5-11-6-8(7)9/h4-6,9H,1-3,10H2. The van der Waals surface area contributed by atoms with E-state index in [4.69, 9.17) is 5.73 Å². The molecule has 1 heterocycles. The zero-order chi connectivity index (χ0) is 7.68. The van der Waals surface area contributed by atoms with E-state index in [0.717, 1.165) is 6.42 Å². The minimum absolute atomic E-state index is 0.229. The molecule has 2 heteroatoms. The van der Waals surface area contributed by atoms with Gasteiger partial charge in [0, 0.05) is 18.4 Å². The molecule has 2 rings (SSSR count). The Morgan fingerprint density at radius 3 is 3.27 bits per heavy atom. The Hall–Kier alpha value is -0.890. The van der Waals surface area contributed by atoms with Crippen LogP contribution < -0.4 is 5.73 Å². The fraction of sp³-hybridized carbons (Fsp3) is 0.444. The maximum atomic E-state index is 5.91. The molecule has 2 nitrogen and oxygen atoms in total. The molecule has 11 heavy (non-hydrogen) atoms. The third kappa shape index (κ3) is 1.14. The van der Waals surface area contributed by atoms with Crippen LogP contribution in [0.2, 0.25) is 0 Å². The zero-order valence-corrected chi connectivity index (χ0v) is 6.46. The average Bonchev–Trinajstić information content (AvgIpc) is 2.06. The van der Waals surface area contributed by atoms with Crippen molar-refractivity contribution in [3.05, 3.63) is 29.6 Å². The molecule has 0 spiro atoms. The third-order valence-corrected chi connectivity index (χ3v) is 2.31. The van der Waals surface area contributed by atoms with Crippen LogP contribution in [0.1, 0.15) is 30.0 Å². The molecule has 58 valence electrons. The van der Waals surface area contributed by atoms with E-state index in [1.165, 1.54) is 24.0 Å². The van der Waals surface area contributed by atoms with Crippen molar-refractivity contribution in [1.29, 1.82) is 0 Å². The second-order valence-electron chi connectivity index (χ2n) is 3.07. The quantitative estimate of drug-likeness (QED) is 0.604. The van der Waals surface area contributed by atoms with Crippen molar-refractivity contribution in [1.82, 2.24) is 4.98 Å². The number of aryl methyl sites for hydroxylation is 1. The molecule has 1 aliphatic rings. The molecule has 1 aromatic rings. The van der Waals surface area contributed by atoms with Crippen molar-refractivity contribution >= 4 is 0 Å². The lowest BCUT2D eigenvalue weighted by atomic mass is 9.90. The van der Waals surface area contributed by atoms with Crippen molar-refractivity contribution in [2.75, 3.05) is 0 Å². The van der Waals surface area contributed by atoms with E-state index in [2.05, 4.69) is 11.1 Å². The molecule has 0 bridgehead atoms. The van der Waals surface area contributed by atoms with Crippen molar-refractivity contribution in [3.8, 4) is 0 Å². The maximum Gasteiger partial charge on any atom is 0.0318 e. The van der Waals surface area contributed by atoms with Gasteiger partial charge in [0.1, 0.15) is 0 Å². The van der Waals surface area contributed by atoms with Crippen molar-refractivity contribution in [2.45, 2.75) is 25.3 Å². The zero-order valence-electron chi connectivity index (χ0n) is 6.46. The normalized spacial score (nSPS) is 22.8. The van der Waals surface area contributed by atoms with E-state index >= 15 is 0 Å². The summed E-state index contributed by atoms with van der Waals surface area (Å²) in [4.78, 5) is 4.07. The van der Waals surface area contributed by atoms with Crippen LogP contribution in [0, 0.1) is 0 Å². The highest BCUT2D eigenvalue weighted by atomic mass is 14.7. The second-order valence-corrected chi connectivity index (χ2v) is 3.07. The lowest BCUT2D eigenvalue weighted by Gasteiger charge is -2.20. The Kier molecular flexibility index (Phi) is 1.62. The minimum atomic E-state index is 0.229. The molecule has 0 saturated carbocycles. The van der Waals surface area contributed by atoms with Crippen LogP contribution >= 0.6 is 0 Å². The molecule has 0 radical (unpaired) electrons. The number of hydrogen-bond acceptors (Lipinski definition) is 2. The lowest BCUT2D eigenvalue weighted by Crippen LogP contribution is -2.17. The Bertz CT molecular complexity index is 257. The summed E-state index contributed by atoms with van der Waals surface area (Å²) >= 11 is 0. The summed E-state index contributed by atoms with van der Waals surface area (Å²) in [5.74, 6) is 0. The van der Waals surface area contributed by atoms with Crippen LogP contribution in [0.4, 0.5) is 0 Å². The van der Waals surface area contributed by atoms with Crippen LogP contribution in [0.5, 0.6) is 0 Å². The van der Waals surface area contributed by atoms with E-state index < -0.39 is 0 Å². The van der Waals surface area contributed by atoms with Crippen LogP contribution in [-0.4, -0.2) is 4.98 Å². The van der Waals surface area contributed by atoms with Gasteiger partial charge >= 0.3 is 0 Å². The fourth-order valence-electron chi connectivity index (χ4n) is 1.66. The summed E-state index contributed by atoms with van der Waals surface area (Å²) in [5.41, 5.74) is 8.54. The molecule has 0 fully saturated rings. The highest BCUT2D eigenvalue weighted by Crippen LogP contribution is 2.26. The van der Waals surface area contributed by atoms with Gasteiger partial charge in [0.25, 0.3) is 0 Å². The van der Waals surface area contributed by atoms with E-state index in [1.54, 1.807) is 0 Å². The van der Waals surface area contributed by atoms with Crippen LogP contribution in [0.15, 0.2) is 18.5 Å². The van der Waals surface area contributed by atoms with Crippen LogP contribution in [-0.2, 0) is 6.42 Å². The number of nitrogens with two attached hydrogens (primary N) is 1. The molecule has 1 unspecified atom stereocenters. The summed E-state index contributed by atoms with van der Waals surface area (Å²) in [6, 6.07) is 2.31. The van der Waals surface area contributed by atoms with Gasteiger partial charge in [-0.1, -0.05) is 0 Å². The second kappa shape index (κ2) is 2.62. The maximum absolute atomic E-state index is 5.91. The Labute approximate surface area is 66.4 Å². The molecule has 0 aliphatic heterocycles. The van der Waals surface area contributed by atoms with Gasteiger partial charge in [-0.05, 0) is 36.5 Å². The van der Waals surface area contributed by atoms with Gasteiger partial charge in [-0.3, -0.25) is 4.98 Å². The molecule has 1 aromatic heterocycles. The van der Waals surface area contributed by atoms with Crippen molar-refractivity contribution in [3.63, 3.8) is 0 Å². The summed E-state index contributed by atoms with van der Waals surface area (Å²) in [7, 11) is 0. The molecular formula is C9H12N2. The van der Waals surface area contributed by atoms with E-state index in [1.807, 2.05) is 12.4 Å². The monoisotopic (exact) mass is 148 g/mol. The largest absolute Gasteiger partial charge is 0.324 e. The molecule has 0 saturated heterocycles. The molecular weight excluding hydrogens is 136 g/mol. The minimum Gasteiger partial charge on any atom is -0.324 e. The number of hydrogen-bond donors (Lipinski definition) is 1. The summed E-state index contributed by atoms with van der Waals surface area (Å²) in [5, 5.41) is 0. The number of rotatable bonds is 0. The number of nitrogens with zero attached hydrogens (tertiary/aromatic N) is 1. The SMILES string of the molecule is NC1CCCc2ccncc21. The number of pyridine rings is 1. The predicted octanol–water partition coefficient (Wildman–Crippen LogP) is 1.42. The van der Waals surface area contributed by atoms with Crippen molar-refractivity contribution in [2.24, 2.45) is 5.73 Å². The lowest BCUT2D eigenvalue weighted by molar-refractivity contribution is 0.568. The van der Waals surface area contributed by atoms with Gasteiger partial charge in [0.15, 0.2) is 0 Å².